The summed E-state index contributed by atoms with van der Waals surface area (Å²) in [6.07, 6.45) is 3.85. The average Bonchev–Trinajstić information content (AvgIpc) is 2.43. The third kappa shape index (κ3) is 6.66. The summed E-state index contributed by atoms with van der Waals surface area (Å²) in [4.78, 5) is 0. The van der Waals surface area contributed by atoms with Gasteiger partial charge in [0.25, 0.3) is 0 Å². The average molecular weight is 264 g/mol. The van der Waals surface area contributed by atoms with Crippen LogP contribution in [0.15, 0.2) is 0 Å². The second-order valence-corrected chi connectivity index (χ2v) is 4.98. The molecule has 0 aromatic rings. The molecule has 0 aromatic heterocycles. The molecule has 110 valence electrons. The van der Waals surface area contributed by atoms with Crippen LogP contribution in [0.25, 0.3) is 0 Å². The first-order chi connectivity index (χ1) is 8.67. The molecule has 0 aromatic carbocycles. The van der Waals surface area contributed by atoms with Crippen LogP contribution in [0.2, 0.25) is 0 Å². The largest absolute Gasteiger partial charge is 0.396 e. The van der Waals surface area contributed by atoms with Crippen LogP contribution in [0.4, 0.5) is 0 Å². The zero-order valence-corrected chi connectivity index (χ0v) is 11.3. The zero-order chi connectivity index (χ0) is 13.9. The standard InChI is InChI=1S/C13H28O5/c1-2-12(7-14)5-3-4-6-18-11-13(8-15,9-16)10-17/h12,14-17H,2-11H2,1H3. The van der Waals surface area contributed by atoms with Gasteiger partial charge in [0.2, 0.25) is 0 Å². The van der Waals surface area contributed by atoms with E-state index in [0.717, 1.165) is 25.7 Å². The molecule has 1 atom stereocenters. The van der Waals surface area contributed by atoms with Gasteiger partial charge in [0.05, 0.1) is 31.8 Å². The van der Waals surface area contributed by atoms with Crippen LogP contribution in [0.5, 0.6) is 0 Å². The molecule has 0 heterocycles. The summed E-state index contributed by atoms with van der Waals surface area (Å²) in [6, 6.07) is 0. The van der Waals surface area contributed by atoms with Crippen LogP contribution in [-0.2, 0) is 4.74 Å². The summed E-state index contributed by atoms with van der Waals surface area (Å²) in [5, 5.41) is 36.3. The molecular formula is C13H28O5. The molecule has 0 aliphatic carbocycles. The summed E-state index contributed by atoms with van der Waals surface area (Å²) in [5.41, 5.74) is -0.933. The van der Waals surface area contributed by atoms with Gasteiger partial charge in [-0.3, -0.25) is 0 Å². The second-order valence-electron chi connectivity index (χ2n) is 4.98. The zero-order valence-electron chi connectivity index (χ0n) is 11.3. The molecule has 5 nitrogen and oxygen atoms in total. The maximum atomic E-state index is 9.09. The fraction of sp³-hybridized carbons (Fsp3) is 1.00. The molecule has 4 N–H and O–H groups in total. The predicted octanol–water partition coefficient (Wildman–Crippen LogP) is 0.155. The van der Waals surface area contributed by atoms with Crippen molar-refractivity contribution in [3.05, 3.63) is 0 Å². The number of aliphatic hydroxyl groups is 4. The van der Waals surface area contributed by atoms with Gasteiger partial charge >= 0.3 is 0 Å². The Hall–Kier alpha value is -0.200. The Morgan fingerprint density at radius 1 is 1.00 bits per heavy atom. The van der Waals surface area contributed by atoms with Crippen LogP contribution in [0.1, 0.15) is 32.6 Å². The summed E-state index contributed by atoms with van der Waals surface area (Å²) in [6.45, 7) is 2.14. The van der Waals surface area contributed by atoms with Crippen molar-refractivity contribution in [3.63, 3.8) is 0 Å². The highest BCUT2D eigenvalue weighted by Crippen LogP contribution is 2.16. The van der Waals surface area contributed by atoms with Crippen molar-refractivity contribution in [1.29, 1.82) is 0 Å². The van der Waals surface area contributed by atoms with E-state index in [1.807, 2.05) is 0 Å². The van der Waals surface area contributed by atoms with Crippen molar-refractivity contribution in [3.8, 4) is 0 Å². The van der Waals surface area contributed by atoms with E-state index < -0.39 is 5.41 Å². The van der Waals surface area contributed by atoms with Gasteiger partial charge in [-0.2, -0.15) is 0 Å². The minimum atomic E-state index is -0.933. The molecule has 0 rings (SSSR count). The van der Waals surface area contributed by atoms with Crippen LogP contribution < -0.4 is 0 Å². The highest BCUT2D eigenvalue weighted by Gasteiger charge is 2.28. The summed E-state index contributed by atoms with van der Waals surface area (Å²) in [7, 11) is 0. The van der Waals surface area contributed by atoms with E-state index in [9.17, 15) is 0 Å². The lowest BCUT2D eigenvalue weighted by Gasteiger charge is -2.26. The van der Waals surface area contributed by atoms with Crippen LogP contribution in [0.3, 0.4) is 0 Å². The van der Waals surface area contributed by atoms with Crippen molar-refractivity contribution in [2.75, 3.05) is 39.6 Å². The van der Waals surface area contributed by atoms with Gasteiger partial charge in [-0.15, -0.1) is 0 Å². The normalized spacial score (nSPS) is 13.8. The Labute approximate surface area is 109 Å². The molecule has 0 saturated heterocycles. The Morgan fingerprint density at radius 3 is 2.06 bits per heavy atom. The number of unbranched alkanes of at least 4 members (excludes halogenated alkanes) is 1. The Bertz CT molecular complexity index is 170. The van der Waals surface area contributed by atoms with Crippen LogP contribution in [0, 0.1) is 11.3 Å². The van der Waals surface area contributed by atoms with Crippen molar-refractivity contribution in [1.82, 2.24) is 0 Å². The lowest BCUT2D eigenvalue weighted by Crippen LogP contribution is -2.38. The van der Waals surface area contributed by atoms with Gasteiger partial charge < -0.3 is 25.2 Å². The Kier molecular flexibility index (Phi) is 10.6. The van der Waals surface area contributed by atoms with E-state index in [0.29, 0.717) is 12.5 Å². The molecule has 0 amide bonds. The number of ether oxygens (including phenoxy) is 1. The number of hydrogen-bond acceptors (Lipinski definition) is 5. The van der Waals surface area contributed by atoms with E-state index >= 15 is 0 Å². The smallest absolute Gasteiger partial charge is 0.0629 e. The van der Waals surface area contributed by atoms with Gasteiger partial charge in [-0.1, -0.05) is 19.8 Å². The first kappa shape index (κ1) is 17.8. The maximum absolute atomic E-state index is 9.09. The second kappa shape index (κ2) is 10.7. The summed E-state index contributed by atoms with van der Waals surface area (Å²) < 4.78 is 5.38. The van der Waals surface area contributed by atoms with Gasteiger partial charge in [0.1, 0.15) is 0 Å². The van der Waals surface area contributed by atoms with Gasteiger partial charge in [-0.25, -0.2) is 0 Å². The van der Waals surface area contributed by atoms with Gasteiger partial charge in [-0.05, 0) is 18.8 Å². The topological polar surface area (TPSA) is 90.2 Å². The molecule has 0 saturated carbocycles. The first-order valence-corrected chi connectivity index (χ1v) is 6.69. The van der Waals surface area contributed by atoms with Crippen molar-refractivity contribution < 1.29 is 25.2 Å². The van der Waals surface area contributed by atoms with Crippen LogP contribution in [-0.4, -0.2) is 60.1 Å². The van der Waals surface area contributed by atoms with E-state index in [4.69, 9.17) is 25.2 Å². The van der Waals surface area contributed by atoms with Crippen LogP contribution >= 0.6 is 0 Å². The van der Waals surface area contributed by atoms with E-state index in [-0.39, 0.29) is 33.0 Å². The quantitative estimate of drug-likeness (QED) is 0.377. The molecular weight excluding hydrogens is 236 g/mol. The maximum Gasteiger partial charge on any atom is 0.0629 e. The summed E-state index contributed by atoms with van der Waals surface area (Å²) in [5.74, 6) is 0.372. The summed E-state index contributed by atoms with van der Waals surface area (Å²) >= 11 is 0. The Morgan fingerprint density at radius 2 is 1.61 bits per heavy atom. The third-order valence-corrected chi connectivity index (χ3v) is 3.40. The fourth-order valence-corrected chi connectivity index (χ4v) is 1.64. The fourth-order valence-electron chi connectivity index (χ4n) is 1.64. The first-order valence-electron chi connectivity index (χ1n) is 6.69. The molecule has 0 bridgehead atoms. The van der Waals surface area contributed by atoms with Gasteiger partial charge in [0, 0.05) is 13.2 Å². The molecule has 0 aliphatic heterocycles. The highest BCUT2D eigenvalue weighted by molar-refractivity contribution is 4.76. The minimum absolute atomic E-state index is 0.160. The lowest BCUT2D eigenvalue weighted by atomic mass is 9.93. The Balaban J connectivity index is 3.61. The molecule has 5 heteroatoms. The van der Waals surface area contributed by atoms with Gasteiger partial charge in [0.15, 0.2) is 0 Å². The van der Waals surface area contributed by atoms with E-state index in [2.05, 4.69) is 6.92 Å². The lowest BCUT2D eigenvalue weighted by molar-refractivity contribution is -0.0583. The molecule has 18 heavy (non-hydrogen) atoms. The number of hydrogen-bond donors (Lipinski definition) is 4. The minimum Gasteiger partial charge on any atom is -0.396 e. The monoisotopic (exact) mass is 264 g/mol. The predicted molar refractivity (Wildman–Crippen MR) is 69.2 cm³/mol. The third-order valence-electron chi connectivity index (χ3n) is 3.40. The van der Waals surface area contributed by atoms with E-state index in [1.54, 1.807) is 0 Å². The highest BCUT2D eigenvalue weighted by atomic mass is 16.5. The molecule has 0 radical (unpaired) electrons. The van der Waals surface area contributed by atoms with Crippen molar-refractivity contribution >= 4 is 0 Å². The SMILES string of the molecule is CCC(CO)CCCCOCC(CO)(CO)CO. The number of rotatable bonds is 12. The molecule has 1 unspecified atom stereocenters. The van der Waals surface area contributed by atoms with E-state index in [1.165, 1.54) is 0 Å². The van der Waals surface area contributed by atoms with Crippen molar-refractivity contribution in [2.24, 2.45) is 11.3 Å². The molecule has 0 fully saturated rings. The molecule has 0 aliphatic rings. The van der Waals surface area contributed by atoms with Crippen molar-refractivity contribution in [2.45, 2.75) is 32.6 Å². The molecule has 0 spiro atoms. The number of aliphatic hydroxyl groups excluding tert-OH is 4.